The third-order valence-electron chi connectivity index (χ3n) is 2.64. The number of nitrogens with zero attached hydrogens (tertiary/aromatic N) is 1. The van der Waals surface area contributed by atoms with E-state index in [0.717, 1.165) is 12.8 Å². The minimum absolute atomic E-state index is 0.0304. The fourth-order valence-corrected chi connectivity index (χ4v) is 1.51. The minimum Gasteiger partial charge on any atom is -0.293 e. The Morgan fingerprint density at radius 3 is 2.71 bits per heavy atom. The fourth-order valence-electron chi connectivity index (χ4n) is 1.51. The maximum Gasteiger partial charge on any atom is 0.182 e. The Kier molecular flexibility index (Phi) is 3.58. The van der Waals surface area contributed by atoms with Gasteiger partial charge in [0.1, 0.15) is 0 Å². The molecule has 0 spiro atoms. The molecule has 1 saturated heterocycles. The quantitative estimate of drug-likeness (QED) is 0.490. The average Bonchev–Trinajstić information content (AvgIpc) is 2.14. The van der Waals surface area contributed by atoms with Crippen molar-refractivity contribution in [3.8, 4) is 0 Å². The number of hydrogen-bond acceptors (Lipinski definition) is 3. The number of likely N-dealkylation sites (N-methyl/N-ethyl adjacent to an activating group) is 1. The van der Waals surface area contributed by atoms with E-state index >= 15 is 0 Å². The van der Waals surface area contributed by atoms with Gasteiger partial charge in [0.05, 0.1) is 18.2 Å². The summed E-state index contributed by atoms with van der Waals surface area (Å²) in [4.78, 5) is 25.0. The van der Waals surface area contributed by atoms with Crippen molar-refractivity contribution < 1.29 is 9.59 Å². The van der Waals surface area contributed by atoms with E-state index in [0.29, 0.717) is 12.1 Å². The van der Waals surface area contributed by atoms with Gasteiger partial charge in [0, 0.05) is 0 Å². The molecule has 1 unspecified atom stereocenters. The molecular formula is C11H17NO2. The topological polar surface area (TPSA) is 37.4 Å². The molecule has 0 saturated carbocycles. The fraction of sp³-hybridized carbons (Fsp3) is 0.636. The van der Waals surface area contributed by atoms with Gasteiger partial charge in [-0.05, 0) is 20.4 Å². The molecule has 0 aromatic heterocycles. The van der Waals surface area contributed by atoms with E-state index in [-0.39, 0.29) is 17.6 Å². The number of piperidine rings is 1. The monoisotopic (exact) mass is 195 g/mol. The molecule has 1 aliphatic rings. The van der Waals surface area contributed by atoms with Gasteiger partial charge in [-0.2, -0.15) is 0 Å². The predicted octanol–water partition coefficient (Wildman–Crippen LogP) is 1.19. The molecule has 14 heavy (non-hydrogen) atoms. The van der Waals surface area contributed by atoms with Gasteiger partial charge >= 0.3 is 0 Å². The molecule has 0 radical (unpaired) electrons. The van der Waals surface area contributed by atoms with E-state index in [1.165, 1.54) is 0 Å². The highest BCUT2D eigenvalue weighted by Crippen LogP contribution is 2.15. The lowest BCUT2D eigenvalue weighted by Crippen LogP contribution is -2.47. The molecule has 1 heterocycles. The van der Waals surface area contributed by atoms with E-state index in [4.69, 9.17) is 0 Å². The maximum absolute atomic E-state index is 11.7. The van der Waals surface area contributed by atoms with Gasteiger partial charge in [-0.15, -0.1) is 0 Å². The number of hydrogen-bond donors (Lipinski definition) is 0. The Morgan fingerprint density at radius 1 is 1.50 bits per heavy atom. The molecule has 1 rings (SSSR count). The smallest absolute Gasteiger partial charge is 0.182 e. The van der Waals surface area contributed by atoms with Crippen molar-refractivity contribution in [1.29, 1.82) is 0 Å². The van der Waals surface area contributed by atoms with Gasteiger partial charge in [0.25, 0.3) is 0 Å². The van der Waals surface area contributed by atoms with Gasteiger partial charge in [-0.1, -0.05) is 19.4 Å². The summed E-state index contributed by atoms with van der Waals surface area (Å²) in [6.45, 7) is 4.24. The van der Waals surface area contributed by atoms with E-state index in [1.807, 2.05) is 13.8 Å². The molecule has 1 aliphatic heterocycles. The first-order valence-electron chi connectivity index (χ1n) is 5.05. The van der Waals surface area contributed by atoms with E-state index in [2.05, 4.69) is 0 Å². The number of carbonyl (C=O) groups is 2. The van der Waals surface area contributed by atoms with Gasteiger partial charge in [-0.3, -0.25) is 14.5 Å². The zero-order valence-electron chi connectivity index (χ0n) is 9.04. The van der Waals surface area contributed by atoms with Crippen molar-refractivity contribution in [3.63, 3.8) is 0 Å². The molecule has 78 valence electrons. The lowest BCUT2D eigenvalue weighted by atomic mass is 9.94. The summed E-state index contributed by atoms with van der Waals surface area (Å²) in [6.07, 6.45) is 3.56. The lowest BCUT2D eigenvalue weighted by Gasteiger charge is -2.28. The first kappa shape index (κ1) is 11.1. The van der Waals surface area contributed by atoms with Crippen molar-refractivity contribution in [2.75, 3.05) is 13.6 Å². The summed E-state index contributed by atoms with van der Waals surface area (Å²) < 4.78 is 0. The summed E-state index contributed by atoms with van der Waals surface area (Å²) >= 11 is 0. The summed E-state index contributed by atoms with van der Waals surface area (Å²) in [5.74, 6) is -0.0683. The summed E-state index contributed by atoms with van der Waals surface area (Å²) in [7, 11) is 1.80. The van der Waals surface area contributed by atoms with Crippen LogP contribution in [-0.2, 0) is 9.59 Å². The number of ketones is 2. The van der Waals surface area contributed by atoms with E-state index in [9.17, 15) is 9.59 Å². The van der Waals surface area contributed by atoms with Crippen LogP contribution in [0.5, 0.6) is 0 Å². The molecule has 3 heteroatoms. The normalized spacial score (nSPS) is 27.4. The molecule has 0 aromatic carbocycles. The largest absolute Gasteiger partial charge is 0.293 e. The molecular weight excluding hydrogens is 178 g/mol. The number of rotatable bonds is 2. The highest BCUT2D eigenvalue weighted by Gasteiger charge is 2.32. The van der Waals surface area contributed by atoms with E-state index in [1.54, 1.807) is 18.0 Å². The summed E-state index contributed by atoms with van der Waals surface area (Å²) in [6, 6.07) is -0.157. The van der Waals surface area contributed by atoms with Crippen LogP contribution in [0.1, 0.15) is 26.7 Å². The molecule has 3 nitrogen and oxygen atoms in total. The van der Waals surface area contributed by atoms with Crippen molar-refractivity contribution in [2.45, 2.75) is 32.7 Å². The van der Waals surface area contributed by atoms with Crippen LogP contribution in [0, 0.1) is 0 Å². The Bertz CT molecular complexity index is 281. The first-order chi connectivity index (χ1) is 6.57. The van der Waals surface area contributed by atoms with Crippen LogP contribution in [0.4, 0.5) is 0 Å². The Balaban J connectivity index is 2.85. The number of likely N-dealkylation sites (tertiary alicyclic amines) is 1. The summed E-state index contributed by atoms with van der Waals surface area (Å²) in [5.41, 5.74) is 0.414. The van der Waals surface area contributed by atoms with Gasteiger partial charge in [0.15, 0.2) is 11.6 Å². The molecule has 1 fully saturated rings. The Morgan fingerprint density at radius 2 is 2.14 bits per heavy atom. The van der Waals surface area contributed by atoms with Crippen molar-refractivity contribution in [2.24, 2.45) is 0 Å². The SMILES string of the molecule is CCC/C=C1/C(=O)CN(C)C(C)C1=O. The standard InChI is InChI=1S/C11H17NO2/c1-4-5-6-9-10(13)7-12(3)8(2)11(9)14/h6,8H,4-5,7H2,1-3H3/b9-6-. The van der Waals surface area contributed by atoms with Crippen LogP contribution in [0.3, 0.4) is 0 Å². The molecule has 0 amide bonds. The van der Waals surface area contributed by atoms with E-state index < -0.39 is 0 Å². The van der Waals surface area contributed by atoms with Gasteiger partial charge < -0.3 is 0 Å². The van der Waals surface area contributed by atoms with Crippen LogP contribution in [0.25, 0.3) is 0 Å². The van der Waals surface area contributed by atoms with Crippen LogP contribution >= 0.6 is 0 Å². The number of carbonyl (C=O) groups excluding carboxylic acids is 2. The third kappa shape index (κ3) is 2.10. The second-order valence-corrected chi connectivity index (χ2v) is 3.78. The zero-order valence-corrected chi connectivity index (χ0v) is 9.04. The van der Waals surface area contributed by atoms with Gasteiger partial charge in [-0.25, -0.2) is 0 Å². The molecule has 0 aliphatic carbocycles. The van der Waals surface area contributed by atoms with Crippen LogP contribution in [-0.4, -0.2) is 36.1 Å². The highest BCUT2D eigenvalue weighted by atomic mass is 16.2. The first-order valence-corrected chi connectivity index (χ1v) is 5.05. The average molecular weight is 195 g/mol. The molecule has 0 N–H and O–H groups in total. The predicted molar refractivity (Wildman–Crippen MR) is 55.1 cm³/mol. The molecule has 1 atom stereocenters. The summed E-state index contributed by atoms with van der Waals surface area (Å²) in [5, 5.41) is 0. The Labute approximate surface area is 84.8 Å². The lowest BCUT2D eigenvalue weighted by molar-refractivity contribution is -0.128. The number of allylic oxidation sites excluding steroid dienone is 1. The minimum atomic E-state index is -0.157. The van der Waals surface area contributed by atoms with Crippen molar-refractivity contribution in [3.05, 3.63) is 11.6 Å². The molecule has 0 bridgehead atoms. The second kappa shape index (κ2) is 4.51. The van der Waals surface area contributed by atoms with Crippen molar-refractivity contribution >= 4 is 11.6 Å². The second-order valence-electron chi connectivity index (χ2n) is 3.78. The van der Waals surface area contributed by atoms with Crippen molar-refractivity contribution in [1.82, 2.24) is 4.90 Å². The van der Waals surface area contributed by atoms with Crippen LogP contribution in [0.2, 0.25) is 0 Å². The Hall–Kier alpha value is -0.960. The van der Waals surface area contributed by atoms with Crippen LogP contribution in [0.15, 0.2) is 11.6 Å². The zero-order chi connectivity index (χ0) is 10.7. The molecule has 0 aromatic rings. The third-order valence-corrected chi connectivity index (χ3v) is 2.64. The maximum atomic E-state index is 11.7. The van der Waals surface area contributed by atoms with Gasteiger partial charge in [0.2, 0.25) is 0 Å². The number of Topliss-reactive ketones (excluding diaryl/α,β-unsaturated/α-hetero) is 2. The van der Waals surface area contributed by atoms with Crippen LogP contribution < -0.4 is 0 Å². The number of unbranched alkanes of at least 4 members (excludes halogenated alkanes) is 1. The highest BCUT2D eigenvalue weighted by molar-refractivity contribution is 6.24.